The molecule has 0 saturated carbocycles. The highest BCUT2D eigenvalue weighted by atomic mass is 16.5. The Balaban J connectivity index is 2.19. The van der Waals surface area contributed by atoms with Gasteiger partial charge in [-0.1, -0.05) is 0 Å². The maximum absolute atomic E-state index is 10.4. The zero-order valence-electron chi connectivity index (χ0n) is 13.6. The van der Waals surface area contributed by atoms with Crippen LogP contribution in [0.25, 0.3) is 22.6 Å². The smallest absolute Gasteiger partial charge is 0.227 e. The Kier molecular flexibility index (Phi) is 3.74. The number of hydrogen-bond donors (Lipinski definition) is 1. The molecule has 5 heteroatoms. The number of aliphatic hydroxyl groups is 1. The molecule has 0 atom stereocenters. The first kappa shape index (κ1) is 15.4. The van der Waals surface area contributed by atoms with Crippen LogP contribution in [-0.2, 0) is 5.60 Å². The van der Waals surface area contributed by atoms with E-state index in [1.807, 2.05) is 24.3 Å². The Morgan fingerprint density at radius 2 is 1.70 bits per heavy atom. The van der Waals surface area contributed by atoms with Crippen LogP contribution in [0.3, 0.4) is 0 Å². The second-order valence-corrected chi connectivity index (χ2v) is 5.80. The van der Waals surface area contributed by atoms with Crippen LogP contribution in [0.1, 0.15) is 19.4 Å². The first-order valence-corrected chi connectivity index (χ1v) is 7.29. The largest absolute Gasteiger partial charge is 0.497 e. The molecule has 3 aromatic rings. The maximum atomic E-state index is 10.4. The van der Waals surface area contributed by atoms with Crippen LogP contribution in [0.15, 0.2) is 40.8 Å². The van der Waals surface area contributed by atoms with Crippen LogP contribution in [0, 0.1) is 0 Å². The van der Waals surface area contributed by atoms with Gasteiger partial charge in [0.05, 0.1) is 19.8 Å². The molecule has 0 spiro atoms. The summed E-state index contributed by atoms with van der Waals surface area (Å²) in [7, 11) is 3.20. The molecule has 0 radical (unpaired) electrons. The summed E-state index contributed by atoms with van der Waals surface area (Å²) in [6.07, 6.45) is 0. The van der Waals surface area contributed by atoms with Crippen LogP contribution >= 0.6 is 0 Å². The normalized spacial score (nSPS) is 11.7. The highest BCUT2D eigenvalue weighted by Gasteiger charge is 2.24. The minimum Gasteiger partial charge on any atom is -0.497 e. The number of fused-ring (bicyclic) bond motifs is 1. The van der Waals surface area contributed by atoms with E-state index in [4.69, 9.17) is 13.9 Å². The molecule has 0 aliphatic rings. The molecule has 0 amide bonds. The third kappa shape index (κ3) is 2.75. The molecule has 0 saturated heterocycles. The van der Waals surface area contributed by atoms with E-state index < -0.39 is 5.60 Å². The van der Waals surface area contributed by atoms with Gasteiger partial charge in [-0.05, 0) is 50.2 Å². The van der Waals surface area contributed by atoms with Crippen LogP contribution < -0.4 is 9.47 Å². The monoisotopic (exact) mass is 313 g/mol. The first-order chi connectivity index (χ1) is 10.9. The Morgan fingerprint density at radius 3 is 2.26 bits per heavy atom. The van der Waals surface area contributed by atoms with E-state index in [9.17, 15) is 5.11 Å². The summed E-state index contributed by atoms with van der Waals surface area (Å²) in [6.45, 7) is 3.42. The lowest BCUT2D eigenvalue weighted by Crippen LogP contribution is -2.15. The average Bonchev–Trinajstić information content (AvgIpc) is 2.97. The van der Waals surface area contributed by atoms with Gasteiger partial charge in [-0.2, -0.15) is 0 Å². The molecular formula is C18H19NO4. The minimum absolute atomic E-state index is 0.470. The van der Waals surface area contributed by atoms with Crippen LogP contribution in [0.5, 0.6) is 11.5 Å². The van der Waals surface area contributed by atoms with E-state index in [0.29, 0.717) is 28.3 Å². The molecule has 0 aliphatic carbocycles. The topological polar surface area (TPSA) is 64.7 Å². The van der Waals surface area contributed by atoms with Gasteiger partial charge >= 0.3 is 0 Å². The summed E-state index contributed by atoms with van der Waals surface area (Å²) >= 11 is 0. The molecule has 5 nitrogen and oxygen atoms in total. The van der Waals surface area contributed by atoms with Crippen molar-refractivity contribution in [3.63, 3.8) is 0 Å². The molecule has 3 rings (SSSR count). The Labute approximate surface area is 134 Å². The molecule has 1 aromatic heterocycles. The van der Waals surface area contributed by atoms with Gasteiger partial charge in [-0.25, -0.2) is 4.98 Å². The van der Waals surface area contributed by atoms with Gasteiger partial charge < -0.3 is 19.0 Å². The molecule has 1 heterocycles. The fourth-order valence-corrected chi connectivity index (χ4v) is 2.49. The minimum atomic E-state index is -1.04. The third-order valence-electron chi connectivity index (χ3n) is 3.72. The molecule has 0 fully saturated rings. The van der Waals surface area contributed by atoms with E-state index in [-0.39, 0.29) is 0 Å². The highest BCUT2D eigenvalue weighted by molar-refractivity contribution is 5.85. The highest BCUT2D eigenvalue weighted by Crippen LogP contribution is 2.36. The predicted molar refractivity (Wildman–Crippen MR) is 87.8 cm³/mol. The van der Waals surface area contributed by atoms with E-state index in [1.165, 1.54) is 0 Å². The number of oxazole rings is 1. The van der Waals surface area contributed by atoms with Crippen molar-refractivity contribution in [2.24, 2.45) is 0 Å². The second kappa shape index (κ2) is 5.59. The van der Waals surface area contributed by atoms with Crippen LogP contribution in [0.2, 0.25) is 0 Å². The quantitative estimate of drug-likeness (QED) is 0.795. The lowest BCUT2D eigenvalue weighted by molar-refractivity contribution is 0.0792. The van der Waals surface area contributed by atoms with E-state index in [0.717, 1.165) is 11.3 Å². The molecule has 0 bridgehead atoms. The summed E-state index contributed by atoms with van der Waals surface area (Å²) in [6, 6.07) is 11.0. The SMILES string of the molecule is COc1ccc(-c2nc3c(OC)ccc(C(C)(C)O)c3o2)cc1. The zero-order chi connectivity index (χ0) is 16.6. The van der Waals surface area contributed by atoms with E-state index in [1.54, 1.807) is 40.2 Å². The van der Waals surface area contributed by atoms with Crippen molar-refractivity contribution >= 4 is 11.1 Å². The van der Waals surface area contributed by atoms with Crippen molar-refractivity contribution < 1.29 is 19.0 Å². The van der Waals surface area contributed by atoms with E-state index in [2.05, 4.69) is 4.98 Å². The molecular weight excluding hydrogens is 294 g/mol. The molecule has 0 aliphatic heterocycles. The Morgan fingerprint density at radius 1 is 1.00 bits per heavy atom. The Bertz CT molecular complexity index is 829. The second-order valence-electron chi connectivity index (χ2n) is 5.80. The van der Waals surface area contributed by atoms with Gasteiger partial charge in [0.1, 0.15) is 11.5 Å². The van der Waals surface area contributed by atoms with Crippen molar-refractivity contribution in [2.45, 2.75) is 19.4 Å². The van der Waals surface area contributed by atoms with Gasteiger partial charge in [0.25, 0.3) is 0 Å². The lowest BCUT2D eigenvalue weighted by Gasteiger charge is -2.17. The summed E-state index contributed by atoms with van der Waals surface area (Å²) in [5, 5.41) is 10.4. The third-order valence-corrected chi connectivity index (χ3v) is 3.72. The number of ether oxygens (including phenoxy) is 2. The van der Waals surface area contributed by atoms with Crippen LogP contribution in [0.4, 0.5) is 0 Å². The maximum Gasteiger partial charge on any atom is 0.227 e. The number of rotatable bonds is 4. The predicted octanol–water partition coefficient (Wildman–Crippen LogP) is 3.74. The molecule has 0 unspecified atom stereocenters. The number of aromatic nitrogens is 1. The molecule has 23 heavy (non-hydrogen) atoms. The zero-order valence-corrected chi connectivity index (χ0v) is 13.6. The lowest BCUT2D eigenvalue weighted by atomic mass is 9.97. The van der Waals surface area contributed by atoms with Gasteiger partial charge in [-0.3, -0.25) is 0 Å². The summed E-state index contributed by atoms with van der Waals surface area (Å²) in [4.78, 5) is 4.54. The summed E-state index contributed by atoms with van der Waals surface area (Å²) < 4.78 is 16.5. The number of hydrogen-bond acceptors (Lipinski definition) is 5. The molecule has 2 aromatic carbocycles. The van der Waals surface area contributed by atoms with Crippen LogP contribution in [-0.4, -0.2) is 24.3 Å². The number of methoxy groups -OCH3 is 2. The van der Waals surface area contributed by atoms with Gasteiger partial charge in [-0.15, -0.1) is 0 Å². The molecule has 1 N–H and O–H groups in total. The van der Waals surface area contributed by atoms with Crippen molar-refractivity contribution in [1.82, 2.24) is 4.98 Å². The fraction of sp³-hybridized carbons (Fsp3) is 0.278. The average molecular weight is 313 g/mol. The van der Waals surface area contributed by atoms with Gasteiger partial charge in [0.2, 0.25) is 5.89 Å². The number of benzene rings is 2. The van der Waals surface area contributed by atoms with Gasteiger partial charge in [0, 0.05) is 11.1 Å². The van der Waals surface area contributed by atoms with Gasteiger partial charge in [0.15, 0.2) is 11.1 Å². The van der Waals surface area contributed by atoms with Crippen molar-refractivity contribution in [1.29, 1.82) is 0 Å². The Hall–Kier alpha value is -2.53. The van der Waals surface area contributed by atoms with Crippen molar-refractivity contribution in [3.8, 4) is 23.0 Å². The first-order valence-electron chi connectivity index (χ1n) is 7.29. The summed E-state index contributed by atoms with van der Waals surface area (Å²) in [5.41, 5.74) is 1.58. The van der Waals surface area contributed by atoms with Crippen molar-refractivity contribution in [3.05, 3.63) is 42.0 Å². The fourth-order valence-electron chi connectivity index (χ4n) is 2.49. The van der Waals surface area contributed by atoms with E-state index >= 15 is 0 Å². The standard InChI is InChI=1S/C18H19NO4/c1-18(2,20)13-9-10-14(22-4)15-16(13)23-17(19-15)11-5-7-12(21-3)8-6-11/h5-10,20H,1-4H3. The molecule has 120 valence electrons. The summed E-state index contributed by atoms with van der Waals surface area (Å²) in [5.74, 6) is 1.84. The van der Waals surface area contributed by atoms with Crippen molar-refractivity contribution in [2.75, 3.05) is 14.2 Å². The number of nitrogens with zero attached hydrogens (tertiary/aromatic N) is 1.